The van der Waals surface area contributed by atoms with Crippen LogP contribution in [0.1, 0.15) is 60.8 Å². The molecule has 0 aromatic carbocycles. The molecule has 0 unspecified atom stereocenters. The molecule has 0 atom stereocenters. The third kappa shape index (κ3) is 6.60. The van der Waals surface area contributed by atoms with Gasteiger partial charge < -0.3 is 15.4 Å². The van der Waals surface area contributed by atoms with Crippen molar-refractivity contribution in [3.63, 3.8) is 0 Å². The van der Waals surface area contributed by atoms with Crippen LogP contribution in [0.5, 0.6) is 6.01 Å². The number of nitrogens with one attached hydrogen (secondary N) is 2. The minimum atomic E-state index is -0.0623. The van der Waals surface area contributed by atoms with Crippen LogP contribution in [0.25, 0.3) is 0 Å². The van der Waals surface area contributed by atoms with Crippen molar-refractivity contribution in [3.05, 3.63) is 0 Å². The fraction of sp³-hybridized carbons (Fsp3) is 0.800. The summed E-state index contributed by atoms with van der Waals surface area (Å²) in [6.45, 7) is 13.3. The number of aromatic nitrogens is 3. The second-order valence-corrected chi connectivity index (χ2v) is 6.12. The lowest BCUT2D eigenvalue weighted by molar-refractivity contribution is 0.222. The molecule has 0 aliphatic rings. The lowest BCUT2D eigenvalue weighted by atomic mass is 9.99. The summed E-state index contributed by atoms with van der Waals surface area (Å²) in [6, 6.07) is 0.355. The summed E-state index contributed by atoms with van der Waals surface area (Å²) < 4.78 is 5.61. The van der Waals surface area contributed by atoms with Crippen LogP contribution in [0.15, 0.2) is 0 Å². The van der Waals surface area contributed by atoms with Crippen LogP contribution in [-0.4, -0.2) is 33.1 Å². The number of hydrogen-bond donors (Lipinski definition) is 2. The Kier molecular flexibility index (Phi) is 6.65. The first-order chi connectivity index (χ1) is 9.86. The molecule has 0 radical (unpaired) electrons. The molecule has 0 spiro atoms. The van der Waals surface area contributed by atoms with Gasteiger partial charge >= 0.3 is 6.01 Å². The topological polar surface area (TPSA) is 72.0 Å². The maximum atomic E-state index is 5.61. The summed E-state index contributed by atoms with van der Waals surface area (Å²) in [5.74, 6) is 1.11. The molecule has 2 N–H and O–H groups in total. The highest BCUT2D eigenvalue weighted by Crippen LogP contribution is 2.19. The highest BCUT2D eigenvalue weighted by Gasteiger charge is 2.19. The Labute approximate surface area is 128 Å². The molecule has 0 saturated heterocycles. The number of hydrogen-bond acceptors (Lipinski definition) is 6. The van der Waals surface area contributed by atoms with Gasteiger partial charge in [0.25, 0.3) is 0 Å². The third-order valence-electron chi connectivity index (χ3n) is 2.81. The first kappa shape index (κ1) is 17.5. The summed E-state index contributed by atoms with van der Waals surface area (Å²) in [7, 11) is 0. The molecule has 0 fully saturated rings. The zero-order chi connectivity index (χ0) is 15.9. The Morgan fingerprint density at radius 1 is 1.05 bits per heavy atom. The third-order valence-corrected chi connectivity index (χ3v) is 2.81. The lowest BCUT2D eigenvalue weighted by Gasteiger charge is -2.26. The van der Waals surface area contributed by atoms with Crippen molar-refractivity contribution in [2.45, 2.75) is 72.4 Å². The monoisotopic (exact) mass is 295 g/mol. The standard InChI is InChI=1S/C15H29N5O/c1-7-9-15(5,6)20-13-17-12(16-10-8-2)18-14(19-13)21-11(3)4/h11H,7-10H2,1-6H3,(H2,16,17,18,19,20). The first-order valence-electron chi connectivity index (χ1n) is 7.81. The molecule has 21 heavy (non-hydrogen) atoms. The highest BCUT2D eigenvalue weighted by molar-refractivity contribution is 5.37. The van der Waals surface area contributed by atoms with E-state index in [0.29, 0.717) is 17.9 Å². The minimum Gasteiger partial charge on any atom is -0.461 e. The number of rotatable bonds is 9. The smallest absolute Gasteiger partial charge is 0.323 e. The summed E-state index contributed by atoms with van der Waals surface area (Å²) >= 11 is 0. The fourth-order valence-electron chi connectivity index (χ4n) is 1.98. The van der Waals surface area contributed by atoms with Gasteiger partial charge in [-0.15, -0.1) is 0 Å². The van der Waals surface area contributed by atoms with E-state index < -0.39 is 0 Å². The summed E-state index contributed by atoms with van der Waals surface area (Å²) in [4.78, 5) is 13.1. The molecule has 1 heterocycles. The Hall–Kier alpha value is -1.59. The van der Waals surface area contributed by atoms with E-state index in [2.05, 4.69) is 53.3 Å². The van der Waals surface area contributed by atoms with E-state index in [-0.39, 0.29) is 11.6 Å². The lowest BCUT2D eigenvalue weighted by Crippen LogP contribution is -2.31. The second-order valence-electron chi connectivity index (χ2n) is 6.12. The molecule has 0 aliphatic carbocycles. The Morgan fingerprint density at radius 3 is 2.29 bits per heavy atom. The first-order valence-corrected chi connectivity index (χ1v) is 7.81. The molecule has 1 aromatic heterocycles. The molecule has 6 heteroatoms. The molecule has 120 valence electrons. The van der Waals surface area contributed by atoms with Gasteiger partial charge in [-0.1, -0.05) is 20.3 Å². The van der Waals surface area contributed by atoms with E-state index in [1.165, 1.54) is 0 Å². The van der Waals surface area contributed by atoms with Crippen LogP contribution in [0.2, 0.25) is 0 Å². The predicted octanol–water partition coefficient (Wildman–Crippen LogP) is 3.47. The van der Waals surface area contributed by atoms with Crippen molar-refractivity contribution in [2.24, 2.45) is 0 Å². The van der Waals surface area contributed by atoms with Crippen molar-refractivity contribution >= 4 is 11.9 Å². The van der Waals surface area contributed by atoms with E-state index in [1.54, 1.807) is 0 Å². The molecular weight excluding hydrogens is 266 g/mol. The van der Waals surface area contributed by atoms with E-state index in [9.17, 15) is 0 Å². The van der Waals surface area contributed by atoms with Crippen molar-refractivity contribution in [2.75, 3.05) is 17.2 Å². The molecule has 1 rings (SSSR count). The van der Waals surface area contributed by atoms with Crippen LogP contribution in [-0.2, 0) is 0 Å². The molecule has 1 aromatic rings. The number of ether oxygens (including phenoxy) is 1. The highest BCUT2D eigenvalue weighted by atomic mass is 16.5. The normalized spacial score (nSPS) is 11.6. The van der Waals surface area contributed by atoms with Crippen LogP contribution < -0.4 is 15.4 Å². The molecule has 0 bridgehead atoms. The average Bonchev–Trinajstić information content (AvgIpc) is 2.34. The van der Waals surface area contributed by atoms with Gasteiger partial charge in [-0.3, -0.25) is 0 Å². The molecule has 0 saturated carbocycles. The Balaban J connectivity index is 2.94. The predicted molar refractivity (Wildman–Crippen MR) is 87.0 cm³/mol. The number of nitrogens with zero attached hydrogens (tertiary/aromatic N) is 3. The largest absolute Gasteiger partial charge is 0.461 e. The maximum Gasteiger partial charge on any atom is 0.323 e. The van der Waals surface area contributed by atoms with E-state index in [0.717, 1.165) is 25.8 Å². The Morgan fingerprint density at radius 2 is 1.71 bits per heavy atom. The average molecular weight is 295 g/mol. The minimum absolute atomic E-state index is 0.0305. The van der Waals surface area contributed by atoms with Crippen LogP contribution >= 0.6 is 0 Å². The summed E-state index contributed by atoms with van der Waals surface area (Å²) in [6.07, 6.45) is 3.18. The van der Waals surface area contributed by atoms with Gasteiger partial charge in [0, 0.05) is 12.1 Å². The van der Waals surface area contributed by atoms with Crippen molar-refractivity contribution in [3.8, 4) is 6.01 Å². The SMILES string of the molecule is CCCNc1nc(NC(C)(C)CCC)nc(OC(C)C)n1. The van der Waals surface area contributed by atoms with Crippen LogP contribution in [0, 0.1) is 0 Å². The summed E-state index contributed by atoms with van der Waals surface area (Å²) in [5.41, 5.74) is -0.0623. The van der Waals surface area contributed by atoms with Gasteiger partial charge in [0.05, 0.1) is 6.10 Å². The Bertz CT molecular complexity index is 434. The fourth-order valence-corrected chi connectivity index (χ4v) is 1.98. The van der Waals surface area contributed by atoms with Crippen molar-refractivity contribution < 1.29 is 4.74 Å². The number of anilines is 2. The summed E-state index contributed by atoms with van der Waals surface area (Å²) in [5, 5.41) is 6.55. The van der Waals surface area contributed by atoms with Crippen molar-refractivity contribution in [1.82, 2.24) is 15.0 Å². The van der Waals surface area contributed by atoms with E-state index in [1.807, 2.05) is 13.8 Å². The zero-order valence-corrected chi connectivity index (χ0v) is 14.2. The van der Waals surface area contributed by atoms with E-state index in [4.69, 9.17) is 4.74 Å². The van der Waals surface area contributed by atoms with Gasteiger partial charge in [0.2, 0.25) is 11.9 Å². The quantitative estimate of drug-likeness (QED) is 0.727. The molecule has 0 amide bonds. The maximum absolute atomic E-state index is 5.61. The molecular formula is C15H29N5O. The molecule has 0 aliphatic heterocycles. The van der Waals surface area contributed by atoms with Crippen molar-refractivity contribution in [1.29, 1.82) is 0 Å². The van der Waals surface area contributed by atoms with Gasteiger partial charge in [0.15, 0.2) is 0 Å². The second kappa shape index (κ2) is 8.00. The van der Waals surface area contributed by atoms with Crippen LogP contribution in [0.3, 0.4) is 0 Å². The van der Waals surface area contributed by atoms with Gasteiger partial charge in [-0.25, -0.2) is 0 Å². The van der Waals surface area contributed by atoms with Gasteiger partial charge in [-0.05, 0) is 40.5 Å². The zero-order valence-electron chi connectivity index (χ0n) is 14.2. The van der Waals surface area contributed by atoms with Crippen LogP contribution in [0.4, 0.5) is 11.9 Å². The van der Waals surface area contributed by atoms with Gasteiger partial charge in [-0.2, -0.15) is 15.0 Å². The molecule has 6 nitrogen and oxygen atoms in total. The van der Waals surface area contributed by atoms with E-state index >= 15 is 0 Å². The van der Waals surface area contributed by atoms with Gasteiger partial charge in [0.1, 0.15) is 0 Å².